The van der Waals surface area contributed by atoms with Crippen LogP contribution in [-0.4, -0.2) is 12.5 Å². The molecule has 2 aromatic rings. The van der Waals surface area contributed by atoms with E-state index in [1.807, 2.05) is 24.3 Å². The van der Waals surface area contributed by atoms with E-state index in [0.717, 1.165) is 28.4 Å². The fourth-order valence-electron chi connectivity index (χ4n) is 2.63. The van der Waals surface area contributed by atoms with E-state index in [2.05, 4.69) is 15.9 Å². The molecule has 0 aliphatic carbocycles. The minimum absolute atomic E-state index is 0.139. The summed E-state index contributed by atoms with van der Waals surface area (Å²) in [6.45, 7) is 0.501. The third-order valence-corrected chi connectivity index (χ3v) is 4.21. The zero-order chi connectivity index (χ0) is 15.0. The Morgan fingerprint density at radius 1 is 1.10 bits per heavy atom. The lowest BCUT2D eigenvalue weighted by atomic mass is 9.97. The lowest BCUT2D eigenvalue weighted by molar-refractivity contribution is -0.118. The molecule has 1 heterocycles. The third kappa shape index (κ3) is 2.70. The average Bonchev–Trinajstić information content (AvgIpc) is 2.84. The number of carbonyl (C=O) groups is 1. The van der Waals surface area contributed by atoms with Gasteiger partial charge in [0.1, 0.15) is 11.6 Å². The van der Waals surface area contributed by atoms with Crippen LogP contribution >= 0.6 is 15.9 Å². The zero-order valence-corrected chi connectivity index (χ0v) is 12.6. The van der Waals surface area contributed by atoms with Crippen LogP contribution in [0.4, 0.5) is 14.5 Å². The van der Waals surface area contributed by atoms with Crippen molar-refractivity contribution in [3.63, 3.8) is 0 Å². The van der Waals surface area contributed by atoms with Gasteiger partial charge in [-0.1, -0.05) is 15.9 Å². The Kier molecular flexibility index (Phi) is 3.76. The Morgan fingerprint density at radius 2 is 1.81 bits per heavy atom. The molecule has 0 N–H and O–H groups in total. The molecule has 21 heavy (non-hydrogen) atoms. The first-order valence-corrected chi connectivity index (χ1v) is 7.37. The summed E-state index contributed by atoms with van der Waals surface area (Å²) >= 11 is 3.34. The van der Waals surface area contributed by atoms with Gasteiger partial charge in [-0.25, -0.2) is 8.78 Å². The fraction of sp³-hybridized carbons (Fsp3) is 0.188. The molecule has 0 saturated carbocycles. The van der Waals surface area contributed by atoms with E-state index in [1.165, 1.54) is 0 Å². The lowest BCUT2D eigenvalue weighted by Gasteiger charge is -2.17. The summed E-state index contributed by atoms with van der Waals surface area (Å²) in [6.07, 6.45) is 0.481. The number of benzene rings is 2. The van der Waals surface area contributed by atoms with E-state index < -0.39 is 17.6 Å². The molecule has 2 aromatic carbocycles. The second-order valence-corrected chi connectivity index (χ2v) is 5.89. The molecule has 2 nitrogen and oxygen atoms in total. The van der Waals surface area contributed by atoms with E-state index in [1.54, 1.807) is 4.90 Å². The van der Waals surface area contributed by atoms with E-state index in [9.17, 15) is 13.6 Å². The van der Waals surface area contributed by atoms with Gasteiger partial charge in [0.05, 0.1) is 5.92 Å². The minimum Gasteiger partial charge on any atom is -0.312 e. The number of hydrogen-bond acceptors (Lipinski definition) is 1. The predicted molar refractivity (Wildman–Crippen MR) is 80.2 cm³/mol. The van der Waals surface area contributed by atoms with Crippen LogP contribution in [0.3, 0.4) is 0 Å². The van der Waals surface area contributed by atoms with E-state index in [4.69, 9.17) is 0 Å². The summed E-state index contributed by atoms with van der Waals surface area (Å²) < 4.78 is 28.1. The van der Waals surface area contributed by atoms with Gasteiger partial charge in [0.25, 0.3) is 0 Å². The number of amides is 1. The van der Waals surface area contributed by atoms with Crippen LogP contribution in [0.5, 0.6) is 0 Å². The first kappa shape index (κ1) is 14.2. The van der Waals surface area contributed by atoms with Crippen molar-refractivity contribution < 1.29 is 13.6 Å². The van der Waals surface area contributed by atoms with Gasteiger partial charge >= 0.3 is 0 Å². The molecule has 5 heteroatoms. The Bertz CT molecular complexity index is 687. The fourth-order valence-corrected chi connectivity index (χ4v) is 2.89. The number of nitrogens with zero attached hydrogens (tertiary/aromatic N) is 1. The number of carbonyl (C=O) groups excluding carboxylic acids is 1. The number of rotatable bonds is 2. The van der Waals surface area contributed by atoms with Crippen LogP contribution in [0.2, 0.25) is 0 Å². The molecular formula is C16H12BrF2NO. The second-order valence-electron chi connectivity index (χ2n) is 4.97. The van der Waals surface area contributed by atoms with Crippen LogP contribution in [-0.2, 0) is 4.79 Å². The Morgan fingerprint density at radius 3 is 2.52 bits per heavy atom. The van der Waals surface area contributed by atoms with Crippen molar-refractivity contribution in [3.05, 3.63) is 64.1 Å². The van der Waals surface area contributed by atoms with Gasteiger partial charge < -0.3 is 4.90 Å². The summed E-state index contributed by atoms with van der Waals surface area (Å²) in [4.78, 5) is 14.1. The molecule has 1 unspecified atom stereocenters. The number of hydrogen-bond donors (Lipinski definition) is 0. The molecule has 1 amide bonds. The number of halogens is 3. The van der Waals surface area contributed by atoms with Gasteiger partial charge in [-0.15, -0.1) is 0 Å². The molecule has 1 saturated heterocycles. The summed E-state index contributed by atoms with van der Waals surface area (Å²) in [5, 5.41) is 0. The summed E-state index contributed by atoms with van der Waals surface area (Å²) in [7, 11) is 0. The topological polar surface area (TPSA) is 20.3 Å². The van der Waals surface area contributed by atoms with E-state index >= 15 is 0 Å². The highest BCUT2D eigenvalue weighted by Gasteiger charge is 2.35. The Hall–Kier alpha value is -1.75. The Labute approximate surface area is 129 Å². The monoisotopic (exact) mass is 351 g/mol. The molecule has 1 atom stereocenters. The molecule has 1 fully saturated rings. The summed E-state index contributed by atoms with van der Waals surface area (Å²) in [6, 6.07) is 10.6. The molecular weight excluding hydrogens is 340 g/mol. The summed E-state index contributed by atoms with van der Waals surface area (Å²) in [5.74, 6) is -1.88. The van der Waals surface area contributed by atoms with Crippen molar-refractivity contribution in [2.45, 2.75) is 12.3 Å². The maximum Gasteiger partial charge on any atom is 0.234 e. The molecule has 1 aliphatic rings. The van der Waals surface area contributed by atoms with Crippen molar-refractivity contribution in [2.75, 3.05) is 11.4 Å². The summed E-state index contributed by atoms with van der Waals surface area (Å²) in [5.41, 5.74) is 0.905. The zero-order valence-electron chi connectivity index (χ0n) is 11.0. The molecule has 0 radical (unpaired) electrons. The molecule has 3 rings (SSSR count). The highest BCUT2D eigenvalue weighted by molar-refractivity contribution is 9.10. The highest BCUT2D eigenvalue weighted by atomic mass is 79.9. The Balaban J connectivity index is 1.89. The third-order valence-electron chi connectivity index (χ3n) is 3.68. The number of anilines is 1. The second kappa shape index (κ2) is 5.56. The normalized spacial score (nSPS) is 18.3. The van der Waals surface area contributed by atoms with Crippen LogP contribution in [0.15, 0.2) is 46.9 Å². The smallest absolute Gasteiger partial charge is 0.234 e. The van der Waals surface area contributed by atoms with Gasteiger partial charge in [-0.2, -0.15) is 0 Å². The molecule has 108 valence electrons. The molecule has 0 spiro atoms. The van der Waals surface area contributed by atoms with Crippen LogP contribution in [0.1, 0.15) is 17.9 Å². The van der Waals surface area contributed by atoms with Crippen molar-refractivity contribution in [1.82, 2.24) is 0 Å². The highest BCUT2D eigenvalue weighted by Crippen LogP contribution is 2.34. The lowest BCUT2D eigenvalue weighted by Crippen LogP contribution is -2.26. The standard InChI is InChI=1S/C16H12BrF2NO/c17-10-1-4-12(5-2-10)20-8-7-13(16(20)21)14-9-11(18)3-6-15(14)19/h1-6,9,13H,7-8H2. The molecule has 0 bridgehead atoms. The quantitative estimate of drug-likeness (QED) is 0.792. The SMILES string of the molecule is O=C1C(c2cc(F)ccc2F)CCN1c1ccc(Br)cc1. The van der Waals surface area contributed by atoms with Gasteiger partial charge in [0.15, 0.2) is 0 Å². The largest absolute Gasteiger partial charge is 0.312 e. The first-order valence-electron chi connectivity index (χ1n) is 6.58. The van der Waals surface area contributed by atoms with Gasteiger partial charge in [0, 0.05) is 22.3 Å². The maximum atomic E-state index is 13.8. The van der Waals surface area contributed by atoms with Gasteiger partial charge in [-0.05, 0) is 48.9 Å². The van der Waals surface area contributed by atoms with Crippen LogP contribution < -0.4 is 4.90 Å². The molecule has 0 aromatic heterocycles. The first-order chi connectivity index (χ1) is 10.1. The van der Waals surface area contributed by atoms with Gasteiger partial charge in [-0.3, -0.25) is 4.79 Å². The van der Waals surface area contributed by atoms with Crippen LogP contribution in [0, 0.1) is 11.6 Å². The van der Waals surface area contributed by atoms with Gasteiger partial charge in [0.2, 0.25) is 5.91 Å². The van der Waals surface area contributed by atoms with E-state index in [0.29, 0.717) is 13.0 Å². The minimum atomic E-state index is -0.621. The van der Waals surface area contributed by atoms with E-state index in [-0.39, 0.29) is 11.5 Å². The van der Waals surface area contributed by atoms with Crippen molar-refractivity contribution in [1.29, 1.82) is 0 Å². The van der Waals surface area contributed by atoms with Crippen molar-refractivity contribution >= 4 is 27.5 Å². The maximum absolute atomic E-state index is 13.8. The van der Waals surface area contributed by atoms with Crippen molar-refractivity contribution in [3.8, 4) is 0 Å². The van der Waals surface area contributed by atoms with Crippen LogP contribution in [0.25, 0.3) is 0 Å². The van der Waals surface area contributed by atoms with Crippen molar-refractivity contribution in [2.24, 2.45) is 0 Å². The predicted octanol–water partition coefficient (Wildman–Crippen LogP) is 4.25. The molecule has 1 aliphatic heterocycles. The average molecular weight is 352 g/mol.